The Hall–Kier alpha value is -3.51. The molecule has 0 radical (unpaired) electrons. The summed E-state index contributed by atoms with van der Waals surface area (Å²) in [5, 5.41) is 4.43. The minimum absolute atomic E-state index is 0.253. The molecule has 1 unspecified atom stereocenters. The minimum Gasteiger partial charge on any atom is -0.463 e. The van der Waals surface area contributed by atoms with Gasteiger partial charge >= 0.3 is 0 Å². The SMILES string of the molecule is CN(CCN1CCN(c2ccc(S(C)=O)cc2F)CC1)c1nc(N)n2nc(-c3ccco3)cc2n1. The van der Waals surface area contributed by atoms with Crippen LogP contribution >= 0.6 is 0 Å². The van der Waals surface area contributed by atoms with E-state index in [-0.39, 0.29) is 11.8 Å². The highest BCUT2D eigenvalue weighted by atomic mass is 32.2. The number of fused-ring (bicyclic) bond motifs is 1. The molecule has 3 aromatic heterocycles. The number of anilines is 3. The molecule has 0 aliphatic carbocycles. The van der Waals surface area contributed by atoms with E-state index < -0.39 is 10.8 Å². The topological polar surface area (TPSA) is 109 Å². The molecule has 12 heteroatoms. The molecule has 5 rings (SSSR count). The summed E-state index contributed by atoms with van der Waals surface area (Å²) >= 11 is 0. The largest absolute Gasteiger partial charge is 0.463 e. The third-order valence-electron chi connectivity index (χ3n) is 6.17. The molecule has 0 bridgehead atoms. The van der Waals surface area contributed by atoms with Crippen molar-refractivity contribution in [3.8, 4) is 11.5 Å². The van der Waals surface area contributed by atoms with Gasteiger partial charge in [0.2, 0.25) is 11.9 Å². The number of rotatable bonds is 7. The number of nitrogens with zero attached hydrogens (tertiary/aromatic N) is 7. The average molecular weight is 499 g/mol. The van der Waals surface area contributed by atoms with Crippen LogP contribution in [0.25, 0.3) is 17.1 Å². The van der Waals surface area contributed by atoms with Gasteiger partial charge in [-0.2, -0.15) is 19.6 Å². The summed E-state index contributed by atoms with van der Waals surface area (Å²) < 4.78 is 33.0. The van der Waals surface area contributed by atoms with E-state index in [1.54, 1.807) is 30.7 Å². The molecule has 2 N–H and O–H groups in total. The van der Waals surface area contributed by atoms with E-state index in [1.807, 2.05) is 29.0 Å². The zero-order valence-electron chi connectivity index (χ0n) is 19.6. The van der Waals surface area contributed by atoms with Gasteiger partial charge in [0.25, 0.3) is 0 Å². The molecule has 1 aliphatic rings. The predicted molar refractivity (Wildman–Crippen MR) is 134 cm³/mol. The number of hydrogen-bond acceptors (Lipinski definition) is 9. The molecule has 0 spiro atoms. The second kappa shape index (κ2) is 9.62. The number of piperazine rings is 1. The third kappa shape index (κ3) is 4.84. The van der Waals surface area contributed by atoms with Crippen LogP contribution in [0, 0.1) is 5.82 Å². The van der Waals surface area contributed by atoms with Crippen molar-refractivity contribution in [1.29, 1.82) is 0 Å². The van der Waals surface area contributed by atoms with Crippen molar-refractivity contribution in [2.75, 3.05) is 68.1 Å². The molecule has 1 aliphatic heterocycles. The highest BCUT2D eigenvalue weighted by Crippen LogP contribution is 2.24. The summed E-state index contributed by atoms with van der Waals surface area (Å²) in [4.78, 5) is 15.9. The van der Waals surface area contributed by atoms with Crippen LogP contribution in [0.15, 0.2) is 52.0 Å². The van der Waals surface area contributed by atoms with Gasteiger partial charge in [-0.05, 0) is 30.3 Å². The number of furan rings is 1. The van der Waals surface area contributed by atoms with Gasteiger partial charge in [0.1, 0.15) is 11.5 Å². The summed E-state index contributed by atoms with van der Waals surface area (Å²) in [6, 6.07) is 10.3. The van der Waals surface area contributed by atoms with Gasteiger partial charge in [-0.1, -0.05) is 0 Å². The summed E-state index contributed by atoms with van der Waals surface area (Å²) in [6.07, 6.45) is 3.14. The molecular weight excluding hydrogens is 471 g/mol. The lowest BCUT2D eigenvalue weighted by atomic mass is 10.2. The van der Waals surface area contributed by atoms with Crippen LogP contribution in [0.5, 0.6) is 0 Å². The van der Waals surface area contributed by atoms with Crippen molar-refractivity contribution in [1.82, 2.24) is 24.5 Å². The zero-order valence-corrected chi connectivity index (χ0v) is 20.4. The molecule has 1 aromatic carbocycles. The van der Waals surface area contributed by atoms with Crippen molar-refractivity contribution in [3.63, 3.8) is 0 Å². The van der Waals surface area contributed by atoms with Crippen LogP contribution < -0.4 is 15.5 Å². The van der Waals surface area contributed by atoms with Gasteiger partial charge in [-0.3, -0.25) is 9.11 Å². The first-order valence-corrected chi connectivity index (χ1v) is 12.8. The molecule has 1 atom stereocenters. The van der Waals surface area contributed by atoms with E-state index in [9.17, 15) is 8.60 Å². The van der Waals surface area contributed by atoms with Gasteiger partial charge in [-0.15, -0.1) is 0 Å². The lowest BCUT2D eigenvalue weighted by Gasteiger charge is -2.36. The molecule has 4 aromatic rings. The standard InChI is InChI=1S/C23H27FN8O2S/c1-29(23-26-21-15-18(20-4-3-13-34-20)28-32(21)22(25)27-23)7-8-30-9-11-31(12-10-30)19-6-5-16(35(2)33)14-17(19)24/h3-6,13-15H,7-12H2,1-2H3,(H2,25,26,27). The number of aromatic nitrogens is 4. The van der Waals surface area contributed by atoms with Crippen molar-refractivity contribution in [2.45, 2.75) is 4.90 Å². The van der Waals surface area contributed by atoms with Gasteiger partial charge in [0, 0.05) is 74.3 Å². The molecule has 4 heterocycles. The van der Waals surface area contributed by atoms with Gasteiger partial charge in [0.15, 0.2) is 11.4 Å². The first-order valence-electron chi connectivity index (χ1n) is 11.3. The number of hydrogen-bond donors (Lipinski definition) is 1. The van der Waals surface area contributed by atoms with Crippen LogP contribution in [-0.4, -0.2) is 81.3 Å². The molecule has 0 saturated carbocycles. The molecule has 0 amide bonds. The lowest BCUT2D eigenvalue weighted by molar-refractivity contribution is 0.262. The normalized spacial score (nSPS) is 15.6. The third-order valence-corrected chi connectivity index (χ3v) is 7.09. The van der Waals surface area contributed by atoms with Gasteiger partial charge in [0.05, 0.1) is 12.0 Å². The van der Waals surface area contributed by atoms with Crippen LogP contribution in [0.2, 0.25) is 0 Å². The fraction of sp³-hybridized carbons (Fsp3) is 0.348. The smallest absolute Gasteiger partial charge is 0.230 e. The van der Waals surface area contributed by atoms with Crippen molar-refractivity contribution < 1.29 is 13.0 Å². The minimum atomic E-state index is -1.20. The van der Waals surface area contributed by atoms with Crippen LogP contribution in [-0.2, 0) is 10.8 Å². The van der Waals surface area contributed by atoms with Crippen LogP contribution in [0.3, 0.4) is 0 Å². The highest BCUT2D eigenvalue weighted by Gasteiger charge is 2.21. The van der Waals surface area contributed by atoms with Crippen LogP contribution in [0.4, 0.5) is 22.0 Å². The average Bonchev–Trinajstić information content (AvgIpc) is 3.53. The maximum Gasteiger partial charge on any atom is 0.230 e. The van der Waals surface area contributed by atoms with Crippen molar-refractivity contribution in [2.24, 2.45) is 0 Å². The molecule has 184 valence electrons. The van der Waals surface area contributed by atoms with Gasteiger partial charge < -0.3 is 20.0 Å². The molecule has 35 heavy (non-hydrogen) atoms. The Morgan fingerprint density at radius 3 is 2.66 bits per heavy atom. The van der Waals surface area contributed by atoms with E-state index in [0.717, 1.165) is 32.7 Å². The van der Waals surface area contributed by atoms with E-state index in [4.69, 9.17) is 10.2 Å². The Morgan fingerprint density at radius 1 is 1.17 bits per heavy atom. The lowest BCUT2D eigenvalue weighted by Crippen LogP contribution is -2.48. The molecule has 10 nitrogen and oxygen atoms in total. The predicted octanol–water partition coefficient (Wildman–Crippen LogP) is 2.10. The summed E-state index contributed by atoms with van der Waals surface area (Å²) in [6.45, 7) is 4.58. The fourth-order valence-corrected chi connectivity index (χ4v) is 4.67. The number of nitrogens with two attached hydrogens (primary N) is 1. The highest BCUT2D eigenvalue weighted by molar-refractivity contribution is 7.84. The van der Waals surface area contributed by atoms with E-state index >= 15 is 0 Å². The number of halogens is 1. The maximum absolute atomic E-state index is 14.5. The monoisotopic (exact) mass is 498 g/mol. The Morgan fingerprint density at radius 2 is 1.97 bits per heavy atom. The molecule has 1 saturated heterocycles. The van der Waals surface area contributed by atoms with Gasteiger partial charge in [-0.25, -0.2) is 4.39 Å². The quantitative estimate of drug-likeness (QED) is 0.410. The number of likely N-dealkylation sites (N-methyl/N-ethyl adjacent to an activating group) is 1. The molecule has 1 fully saturated rings. The maximum atomic E-state index is 14.5. The van der Waals surface area contributed by atoms with E-state index in [1.165, 1.54) is 10.6 Å². The Labute approximate surface area is 204 Å². The van der Waals surface area contributed by atoms with E-state index in [0.29, 0.717) is 40.2 Å². The fourth-order valence-electron chi connectivity index (χ4n) is 4.14. The Bertz CT molecular complexity index is 1350. The number of benzene rings is 1. The molecular formula is C23H27FN8O2S. The Balaban J connectivity index is 1.19. The Kier molecular flexibility index (Phi) is 6.39. The first-order chi connectivity index (χ1) is 16.9. The van der Waals surface area contributed by atoms with E-state index in [2.05, 4.69) is 20.0 Å². The first kappa shape index (κ1) is 23.2. The van der Waals surface area contributed by atoms with Crippen LogP contribution in [0.1, 0.15) is 0 Å². The van der Waals surface area contributed by atoms with Crippen molar-refractivity contribution in [3.05, 3.63) is 48.5 Å². The van der Waals surface area contributed by atoms with Crippen molar-refractivity contribution >= 4 is 34.0 Å². The second-order valence-corrected chi connectivity index (χ2v) is 9.86. The summed E-state index contributed by atoms with van der Waals surface area (Å²) in [5.74, 6) is 1.09. The summed E-state index contributed by atoms with van der Waals surface area (Å²) in [5.41, 5.74) is 7.93. The zero-order chi connectivity index (χ0) is 24.5. The number of nitrogen functional groups attached to an aromatic ring is 1. The second-order valence-electron chi connectivity index (χ2n) is 8.48. The summed E-state index contributed by atoms with van der Waals surface area (Å²) in [7, 11) is 0.735.